The Bertz CT molecular complexity index is 553. The molecular weight excluding hydrogens is 280 g/mol. The zero-order valence-corrected chi connectivity index (χ0v) is 13.7. The summed E-state index contributed by atoms with van der Waals surface area (Å²) in [7, 11) is 0. The number of nitrogens with two attached hydrogens (primary N) is 1. The van der Waals surface area contributed by atoms with Crippen LogP contribution in [0.2, 0.25) is 0 Å². The lowest BCUT2D eigenvalue weighted by atomic mass is 9.83. The fraction of sp³-hybridized carbons (Fsp3) is 0.588. The molecule has 0 aliphatic heterocycles. The summed E-state index contributed by atoms with van der Waals surface area (Å²) in [6.07, 6.45) is 5.99. The van der Waals surface area contributed by atoms with Gasteiger partial charge in [0.15, 0.2) is 0 Å². The van der Waals surface area contributed by atoms with Crippen LogP contribution in [0.25, 0.3) is 0 Å². The van der Waals surface area contributed by atoms with Crippen molar-refractivity contribution in [1.82, 2.24) is 5.32 Å². The predicted molar refractivity (Wildman–Crippen MR) is 88.5 cm³/mol. The van der Waals surface area contributed by atoms with Crippen LogP contribution in [-0.2, 0) is 0 Å². The van der Waals surface area contributed by atoms with E-state index >= 15 is 0 Å². The number of aryl methyl sites for hydroxylation is 1. The molecule has 1 saturated carbocycles. The molecule has 2 atom stereocenters. The number of thiophene rings is 1. The van der Waals surface area contributed by atoms with Gasteiger partial charge in [-0.2, -0.15) is 0 Å². The fourth-order valence-electron chi connectivity index (χ4n) is 2.98. The van der Waals surface area contributed by atoms with Crippen LogP contribution in [-0.4, -0.2) is 18.5 Å². The SMILES string of the molecule is CCC1CCCCC1NC(=O)c1cc(C)c(C#CCN)s1. The van der Waals surface area contributed by atoms with E-state index in [1.54, 1.807) is 0 Å². The Kier molecular flexibility index (Phi) is 5.84. The van der Waals surface area contributed by atoms with E-state index in [-0.39, 0.29) is 5.91 Å². The largest absolute Gasteiger partial charge is 0.348 e. The first-order valence-electron chi connectivity index (χ1n) is 7.76. The highest BCUT2D eigenvalue weighted by atomic mass is 32.1. The molecule has 0 aromatic carbocycles. The fourth-order valence-corrected chi connectivity index (χ4v) is 3.93. The van der Waals surface area contributed by atoms with Crippen LogP contribution < -0.4 is 11.1 Å². The summed E-state index contributed by atoms with van der Waals surface area (Å²) in [5.74, 6) is 6.56. The Morgan fingerprint density at radius 3 is 2.95 bits per heavy atom. The van der Waals surface area contributed by atoms with Crippen molar-refractivity contribution in [2.24, 2.45) is 11.7 Å². The van der Waals surface area contributed by atoms with Gasteiger partial charge in [0.1, 0.15) is 0 Å². The van der Waals surface area contributed by atoms with Crippen molar-refractivity contribution in [1.29, 1.82) is 0 Å². The van der Waals surface area contributed by atoms with Crippen LogP contribution in [0.15, 0.2) is 6.07 Å². The maximum atomic E-state index is 12.4. The van der Waals surface area contributed by atoms with Gasteiger partial charge < -0.3 is 11.1 Å². The molecule has 1 aliphatic carbocycles. The number of rotatable bonds is 3. The van der Waals surface area contributed by atoms with Crippen molar-refractivity contribution in [3.05, 3.63) is 21.4 Å². The molecule has 1 heterocycles. The Hall–Kier alpha value is -1.31. The van der Waals surface area contributed by atoms with E-state index < -0.39 is 0 Å². The van der Waals surface area contributed by atoms with Crippen molar-refractivity contribution in [2.45, 2.75) is 52.0 Å². The van der Waals surface area contributed by atoms with Crippen molar-refractivity contribution in [2.75, 3.05) is 6.54 Å². The lowest BCUT2D eigenvalue weighted by Gasteiger charge is -2.31. The molecule has 4 heteroatoms. The molecule has 2 unspecified atom stereocenters. The van der Waals surface area contributed by atoms with Crippen molar-refractivity contribution < 1.29 is 4.79 Å². The van der Waals surface area contributed by atoms with E-state index in [1.165, 1.54) is 30.6 Å². The molecule has 1 fully saturated rings. The molecule has 0 radical (unpaired) electrons. The molecule has 0 spiro atoms. The average molecular weight is 304 g/mol. The van der Waals surface area contributed by atoms with Gasteiger partial charge in [0.05, 0.1) is 16.3 Å². The Balaban J connectivity index is 2.06. The van der Waals surface area contributed by atoms with E-state index in [4.69, 9.17) is 5.73 Å². The first kappa shape index (κ1) is 16.1. The zero-order valence-electron chi connectivity index (χ0n) is 12.9. The number of amides is 1. The number of hydrogen-bond acceptors (Lipinski definition) is 3. The minimum atomic E-state index is 0.0502. The summed E-state index contributed by atoms with van der Waals surface area (Å²) in [4.78, 5) is 14.1. The second-order valence-electron chi connectivity index (χ2n) is 5.66. The number of carbonyl (C=O) groups excluding carboxylic acids is 1. The van der Waals surface area contributed by atoms with Gasteiger partial charge in [0.25, 0.3) is 5.91 Å². The second-order valence-corrected chi connectivity index (χ2v) is 6.71. The molecule has 2 rings (SSSR count). The van der Waals surface area contributed by atoms with E-state index in [0.717, 1.165) is 28.2 Å². The maximum absolute atomic E-state index is 12.4. The molecule has 21 heavy (non-hydrogen) atoms. The lowest BCUT2D eigenvalue weighted by Crippen LogP contribution is -2.41. The number of carbonyl (C=O) groups is 1. The molecular formula is C17H24N2OS. The van der Waals surface area contributed by atoms with Crippen LogP contribution >= 0.6 is 11.3 Å². The molecule has 0 bridgehead atoms. The Morgan fingerprint density at radius 1 is 1.48 bits per heavy atom. The summed E-state index contributed by atoms with van der Waals surface area (Å²) >= 11 is 1.46. The predicted octanol–water partition coefficient (Wildman–Crippen LogP) is 3.07. The van der Waals surface area contributed by atoms with Crippen molar-refractivity contribution in [3.63, 3.8) is 0 Å². The third-order valence-electron chi connectivity index (χ3n) is 4.20. The minimum Gasteiger partial charge on any atom is -0.348 e. The zero-order chi connectivity index (χ0) is 15.2. The quantitative estimate of drug-likeness (QED) is 0.843. The van der Waals surface area contributed by atoms with Gasteiger partial charge in [-0.1, -0.05) is 38.0 Å². The average Bonchev–Trinajstić information content (AvgIpc) is 2.87. The first-order chi connectivity index (χ1) is 10.2. The molecule has 3 nitrogen and oxygen atoms in total. The van der Waals surface area contributed by atoms with Gasteiger partial charge >= 0.3 is 0 Å². The van der Waals surface area contributed by atoms with Crippen molar-refractivity contribution in [3.8, 4) is 11.8 Å². The van der Waals surface area contributed by atoms with Gasteiger partial charge in [-0.25, -0.2) is 0 Å². The Labute approximate surface area is 131 Å². The standard InChI is InChI=1S/C17H24N2OS/c1-3-13-7-4-5-8-14(13)19-17(20)16-11-12(2)15(21-16)9-6-10-18/h11,13-14H,3-5,7-8,10,18H2,1-2H3,(H,19,20). The van der Waals surface area contributed by atoms with Crippen molar-refractivity contribution >= 4 is 17.2 Å². The number of nitrogens with one attached hydrogen (secondary N) is 1. The minimum absolute atomic E-state index is 0.0502. The van der Waals surface area contributed by atoms with Gasteiger partial charge in [0.2, 0.25) is 0 Å². The molecule has 1 aromatic rings. The topological polar surface area (TPSA) is 55.1 Å². The van der Waals surface area contributed by atoms with Crippen LogP contribution in [0.1, 0.15) is 59.1 Å². The summed E-state index contributed by atoms with van der Waals surface area (Å²) in [6, 6.07) is 2.27. The number of hydrogen-bond donors (Lipinski definition) is 2. The highest BCUT2D eigenvalue weighted by molar-refractivity contribution is 7.14. The second kappa shape index (κ2) is 7.63. The molecule has 1 amide bonds. The van der Waals surface area contributed by atoms with Gasteiger partial charge in [0, 0.05) is 6.04 Å². The highest BCUT2D eigenvalue weighted by Gasteiger charge is 2.25. The normalized spacial score (nSPS) is 21.5. The smallest absolute Gasteiger partial charge is 0.261 e. The molecule has 1 aromatic heterocycles. The van der Waals surface area contributed by atoms with E-state index in [0.29, 0.717) is 18.5 Å². The van der Waals surface area contributed by atoms with E-state index in [9.17, 15) is 4.79 Å². The summed E-state index contributed by atoms with van der Waals surface area (Å²) < 4.78 is 0. The maximum Gasteiger partial charge on any atom is 0.261 e. The first-order valence-corrected chi connectivity index (χ1v) is 8.57. The third-order valence-corrected chi connectivity index (χ3v) is 5.35. The van der Waals surface area contributed by atoms with Crippen LogP contribution in [0, 0.1) is 24.7 Å². The third kappa shape index (κ3) is 4.09. The highest BCUT2D eigenvalue weighted by Crippen LogP contribution is 2.28. The van der Waals surface area contributed by atoms with E-state index in [2.05, 4.69) is 24.1 Å². The van der Waals surface area contributed by atoms with Gasteiger partial charge in [-0.05, 0) is 37.3 Å². The van der Waals surface area contributed by atoms with Gasteiger partial charge in [-0.3, -0.25) is 4.79 Å². The molecule has 3 N–H and O–H groups in total. The summed E-state index contributed by atoms with van der Waals surface area (Å²) in [5, 5.41) is 3.23. The van der Waals surface area contributed by atoms with Gasteiger partial charge in [-0.15, -0.1) is 11.3 Å². The monoisotopic (exact) mass is 304 g/mol. The Morgan fingerprint density at radius 2 is 2.24 bits per heavy atom. The molecule has 114 valence electrons. The molecule has 1 aliphatic rings. The molecule has 0 saturated heterocycles. The van der Waals surface area contributed by atoms with Crippen LogP contribution in [0.3, 0.4) is 0 Å². The summed E-state index contributed by atoms with van der Waals surface area (Å²) in [5.41, 5.74) is 6.46. The lowest BCUT2D eigenvalue weighted by molar-refractivity contribution is 0.0909. The van der Waals surface area contributed by atoms with E-state index in [1.807, 2.05) is 13.0 Å². The summed E-state index contributed by atoms with van der Waals surface area (Å²) in [6.45, 7) is 4.55. The van der Waals surface area contributed by atoms with Crippen LogP contribution in [0.4, 0.5) is 0 Å². The van der Waals surface area contributed by atoms with Crippen LogP contribution in [0.5, 0.6) is 0 Å².